The smallest absolute Gasteiger partial charge is 0.187 e. The van der Waals surface area contributed by atoms with Crippen LogP contribution in [0, 0.1) is 52.3 Å². The molecule has 19 heteroatoms. The number of rotatable bonds is 13. The fraction of sp³-hybridized carbons (Fsp3) is 1.00. The number of aliphatic hydroxyl groups is 11. The highest BCUT2D eigenvalue weighted by Crippen LogP contribution is 2.71. The first-order chi connectivity index (χ1) is 30.7. The summed E-state index contributed by atoms with van der Waals surface area (Å²) in [5.41, 5.74) is -0.127. The van der Waals surface area contributed by atoms with Crippen LogP contribution in [0.3, 0.4) is 0 Å². The van der Waals surface area contributed by atoms with Crippen LogP contribution >= 0.6 is 0 Å². The van der Waals surface area contributed by atoms with Gasteiger partial charge in [0.15, 0.2) is 24.7 Å². The minimum absolute atomic E-state index is 0.0164. The van der Waals surface area contributed by atoms with Crippen LogP contribution in [0.5, 0.6) is 0 Å². The Morgan fingerprint density at radius 1 is 0.677 bits per heavy atom. The maximum Gasteiger partial charge on any atom is 0.187 e. The molecule has 4 aliphatic heterocycles. The molecule has 0 aromatic carbocycles. The van der Waals surface area contributed by atoms with E-state index >= 15 is 0 Å². The molecule has 0 bridgehead atoms. The first-order valence-electron chi connectivity index (χ1n) is 24.2. The molecule has 19 nitrogen and oxygen atoms in total. The van der Waals surface area contributed by atoms with Crippen molar-refractivity contribution in [2.24, 2.45) is 52.3 Å². The lowest BCUT2D eigenvalue weighted by molar-refractivity contribution is -0.364. The normalized spacial score (nSPS) is 56.1. The van der Waals surface area contributed by atoms with Crippen molar-refractivity contribution in [1.82, 2.24) is 0 Å². The lowest BCUT2D eigenvalue weighted by Crippen LogP contribution is -2.65. The predicted molar refractivity (Wildman–Crippen MR) is 224 cm³/mol. The van der Waals surface area contributed by atoms with Crippen molar-refractivity contribution >= 4 is 0 Å². The first kappa shape index (κ1) is 50.6. The summed E-state index contributed by atoms with van der Waals surface area (Å²) in [5.74, 6) is 1.16. The van der Waals surface area contributed by atoms with Crippen molar-refractivity contribution in [3.63, 3.8) is 0 Å². The molecule has 0 amide bonds. The van der Waals surface area contributed by atoms with E-state index in [2.05, 4.69) is 20.8 Å². The van der Waals surface area contributed by atoms with E-state index in [0.717, 1.165) is 32.1 Å². The Balaban J connectivity index is 0.862. The molecule has 4 aliphatic carbocycles. The highest BCUT2D eigenvalue weighted by atomic mass is 16.7. The molecule has 28 atom stereocenters. The Hall–Kier alpha value is -0.760. The van der Waals surface area contributed by atoms with Crippen molar-refractivity contribution in [2.75, 3.05) is 26.9 Å². The molecule has 8 aliphatic rings. The van der Waals surface area contributed by atoms with Crippen molar-refractivity contribution in [3.8, 4) is 0 Å². The van der Waals surface area contributed by atoms with E-state index in [1.165, 1.54) is 6.92 Å². The fourth-order valence-electron chi connectivity index (χ4n) is 14.5. The van der Waals surface area contributed by atoms with Crippen LogP contribution in [0.15, 0.2) is 0 Å². The molecule has 0 unspecified atom stereocenters. The summed E-state index contributed by atoms with van der Waals surface area (Å²) >= 11 is 0. The van der Waals surface area contributed by atoms with Crippen molar-refractivity contribution in [3.05, 3.63) is 0 Å². The third kappa shape index (κ3) is 8.79. The Kier molecular flexibility index (Phi) is 15.1. The highest BCUT2D eigenvalue weighted by Gasteiger charge is 2.69. The zero-order valence-electron chi connectivity index (χ0n) is 38.6. The third-order valence-corrected chi connectivity index (χ3v) is 18.3. The van der Waals surface area contributed by atoms with Gasteiger partial charge in [0, 0.05) is 19.4 Å². The molecule has 4 saturated heterocycles. The van der Waals surface area contributed by atoms with E-state index in [1.807, 2.05) is 6.92 Å². The first-order valence-corrected chi connectivity index (χ1v) is 24.2. The molecule has 0 radical (unpaired) electrons. The Morgan fingerprint density at radius 2 is 1.32 bits per heavy atom. The van der Waals surface area contributed by atoms with Gasteiger partial charge in [0.05, 0.1) is 44.2 Å². The monoisotopic (exact) mass is 935 g/mol. The lowest BCUT2D eigenvalue weighted by Gasteiger charge is -2.62. The number of ether oxygens (including phenoxy) is 8. The topological polar surface area (TPSA) is 296 Å². The van der Waals surface area contributed by atoms with Crippen LogP contribution in [0.2, 0.25) is 0 Å². The predicted octanol–water partition coefficient (Wildman–Crippen LogP) is -1.13. The van der Waals surface area contributed by atoms with Crippen LogP contribution in [0.1, 0.15) is 92.4 Å². The molecule has 4 heterocycles. The summed E-state index contributed by atoms with van der Waals surface area (Å²) in [4.78, 5) is 0. The summed E-state index contributed by atoms with van der Waals surface area (Å²) in [7, 11) is 1.72. The molecular weight excluding hydrogens is 856 g/mol. The van der Waals surface area contributed by atoms with E-state index in [9.17, 15) is 56.2 Å². The van der Waals surface area contributed by atoms with Gasteiger partial charge in [0.2, 0.25) is 0 Å². The van der Waals surface area contributed by atoms with Crippen LogP contribution in [-0.4, -0.2) is 199 Å². The van der Waals surface area contributed by atoms with Gasteiger partial charge in [0.1, 0.15) is 67.1 Å². The quantitative estimate of drug-likeness (QED) is 0.0975. The van der Waals surface area contributed by atoms with E-state index < -0.39 is 123 Å². The van der Waals surface area contributed by atoms with Gasteiger partial charge in [-0.3, -0.25) is 0 Å². The van der Waals surface area contributed by atoms with Gasteiger partial charge in [-0.25, -0.2) is 0 Å². The van der Waals surface area contributed by atoms with Gasteiger partial charge >= 0.3 is 0 Å². The van der Waals surface area contributed by atoms with Gasteiger partial charge in [-0.1, -0.05) is 27.7 Å². The van der Waals surface area contributed by atoms with Crippen molar-refractivity contribution < 1.29 is 94.1 Å². The number of methoxy groups -OCH3 is 1. The van der Waals surface area contributed by atoms with Crippen LogP contribution in [-0.2, 0) is 37.9 Å². The standard InChI is InChI=1S/C46H78O19/c1-19(18-59-41-37(55)35(53)33(51)29(16-47)62-41)9-12-46(58-6)20(2)31-28(65-46)14-25-23-8-7-22-13-27(26(49)15-45(22,5)24(23)10-11-44(25,31)4)61-43-39(57)36(54)40(30(17-48)63-43)64-42-38(56)34(52)32(50)21(3)60-42/h19-43,47-57H,7-18H2,1-6H3/t19-,20-,21-,22-,23+,24-,25-,26+,27+,28-,29+,30+,31-,32-,33+,34+,35-,36+,37+,38+,39+,40+,41+,42-,43+,44-,45-,46-/m0/s1. The van der Waals surface area contributed by atoms with E-state index in [-0.39, 0.29) is 41.3 Å². The second-order valence-corrected chi connectivity index (χ2v) is 21.8. The minimum Gasteiger partial charge on any atom is -0.394 e. The average molecular weight is 935 g/mol. The van der Waals surface area contributed by atoms with Gasteiger partial charge in [-0.2, -0.15) is 0 Å². The molecule has 0 aromatic heterocycles. The maximum absolute atomic E-state index is 11.8. The van der Waals surface area contributed by atoms with Crippen molar-refractivity contribution in [1.29, 1.82) is 0 Å². The van der Waals surface area contributed by atoms with Gasteiger partial charge in [0.25, 0.3) is 0 Å². The molecule has 65 heavy (non-hydrogen) atoms. The van der Waals surface area contributed by atoms with Gasteiger partial charge < -0.3 is 94.1 Å². The van der Waals surface area contributed by atoms with Gasteiger partial charge in [-0.15, -0.1) is 0 Å². The largest absolute Gasteiger partial charge is 0.394 e. The molecule has 8 fully saturated rings. The van der Waals surface area contributed by atoms with E-state index in [1.54, 1.807) is 7.11 Å². The molecule has 8 rings (SSSR count). The molecular formula is C46H78O19. The molecule has 11 N–H and O–H groups in total. The second kappa shape index (κ2) is 19.4. The lowest BCUT2D eigenvalue weighted by atomic mass is 9.44. The SMILES string of the molecule is CO[C@@]1(CC[C@H](C)CO[C@@H]2O[C@H](CO)[C@@H](O)[C@H](O)[C@H]2O)O[C@H]2C[C@H]3[C@@H]4CC[C@H]5C[C@@H](O[C@@H]6O[C@H](CO)[C@@H](O[C@@H]7O[C@@H](C)[C@H](O)[C@@H](O)[C@H]7O)[C@H](O)[C@H]6O)[C@H](O)C[C@]5(C)[C@H]4CC[C@]3(C)[C@H]2[C@@H]1C. The van der Waals surface area contributed by atoms with E-state index in [0.29, 0.717) is 49.4 Å². The molecule has 376 valence electrons. The Labute approximate surface area is 381 Å². The molecule has 4 saturated carbocycles. The van der Waals surface area contributed by atoms with Crippen LogP contribution in [0.25, 0.3) is 0 Å². The highest BCUT2D eigenvalue weighted by molar-refractivity contribution is 5.16. The minimum atomic E-state index is -1.67. The van der Waals surface area contributed by atoms with Crippen LogP contribution in [0.4, 0.5) is 0 Å². The third-order valence-electron chi connectivity index (χ3n) is 18.3. The van der Waals surface area contributed by atoms with E-state index in [4.69, 9.17) is 37.9 Å². The average Bonchev–Trinajstić information content (AvgIpc) is 3.74. The summed E-state index contributed by atoms with van der Waals surface area (Å²) in [5, 5.41) is 116. The zero-order valence-corrected chi connectivity index (χ0v) is 38.6. The zero-order chi connectivity index (χ0) is 47.1. The summed E-state index contributed by atoms with van der Waals surface area (Å²) in [6.45, 7) is 9.60. The second-order valence-electron chi connectivity index (χ2n) is 21.8. The Morgan fingerprint density at radius 3 is 2.02 bits per heavy atom. The number of hydrogen-bond acceptors (Lipinski definition) is 19. The maximum atomic E-state index is 11.8. The molecule has 0 aromatic rings. The summed E-state index contributed by atoms with van der Waals surface area (Å²) < 4.78 is 48.2. The number of fused-ring (bicyclic) bond motifs is 7. The van der Waals surface area contributed by atoms with Crippen molar-refractivity contribution in [2.45, 2.75) is 209 Å². The van der Waals surface area contributed by atoms with Gasteiger partial charge in [-0.05, 0) is 105 Å². The summed E-state index contributed by atoms with van der Waals surface area (Å²) in [6, 6.07) is 0. The number of hydrogen-bond donors (Lipinski definition) is 11. The molecule has 0 spiro atoms. The summed E-state index contributed by atoms with van der Waals surface area (Å²) in [6.07, 6.45) is -15.1. The Bertz CT molecular complexity index is 1590. The number of aliphatic hydroxyl groups excluding tert-OH is 11. The van der Waals surface area contributed by atoms with Crippen LogP contribution < -0.4 is 0 Å². The fourth-order valence-corrected chi connectivity index (χ4v) is 14.5.